The lowest BCUT2D eigenvalue weighted by Crippen LogP contribution is -2.39. The highest BCUT2D eigenvalue weighted by Crippen LogP contribution is 2.37. The number of carbonyl (C=O) groups is 1. The molecule has 1 amide bonds. The molecule has 1 unspecified atom stereocenters. The number of fused-ring (bicyclic) bond motifs is 1. The van der Waals surface area contributed by atoms with E-state index >= 15 is 0 Å². The van der Waals surface area contributed by atoms with Gasteiger partial charge in [-0.25, -0.2) is 4.98 Å². The zero-order chi connectivity index (χ0) is 25.7. The summed E-state index contributed by atoms with van der Waals surface area (Å²) in [6, 6.07) is 10.3. The Morgan fingerprint density at radius 3 is 2.49 bits per heavy atom. The van der Waals surface area contributed by atoms with Gasteiger partial charge in [-0.2, -0.15) is 0 Å². The maximum Gasteiger partial charge on any atom is 0.266 e. The van der Waals surface area contributed by atoms with E-state index in [-0.39, 0.29) is 17.4 Å². The highest BCUT2D eigenvalue weighted by Gasteiger charge is 2.28. The van der Waals surface area contributed by atoms with Gasteiger partial charge in [0, 0.05) is 25.1 Å². The van der Waals surface area contributed by atoms with Crippen LogP contribution in [0.15, 0.2) is 45.7 Å². The van der Waals surface area contributed by atoms with Gasteiger partial charge in [-0.05, 0) is 47.3 Å². The van der Waals surface area contributed by atoms with Crippen LogP contribution in [0.1, 0.15) is 58.8 Å². The van der Waals surface area contributed by atoms with Gasteiger partial charge in [0.15, 0.2) is 0 Å². The molecule has 0 aliphatic carbocycles. The average molecular weight is 544 g/mol. The fraction of sp³-hybridized carbons (Fsp3) is 0.444. The monoisotopic (exact) mass is 543 g/mol. The predicted molar refractivity (Wildman–Crippen MR) is 143 cm³/mol. The summed E-state index contributed by atoms with van der Waals surface area (Å²) in [5.74, 6) is 1.86. The second-order valence-electron chi connectivity index (χ2n) is 9.01. The third-order valence-corrected chi connectivity index (χ3v) is 6.76. The zero-order valence-corrected chi connectivity index (χ0v) is 22.9. The van der Waals surface area contributed by atoms with E-state index in [1.54, 1.807) is 37.0 Å². The summed E-state index contributed by atoms with van der Waals surface area (Å²) < 4.78 is 13.2. The van der Waals surface area contributed by atoms with Crippen molar-refractivity contribution in [3.63, 3.8) is 0 Å². The number of nitrogens with zero attached hydrogens (tertiary/aromatic N) is 3. The standard InChI is InChI=1S/C27H34BrN3O4/c1-7-8-13-24(32)30(16-17(2)3)18(4)26-29-21-12-10-9-11-20(21)27(33)31(26)22-14-19(34-5)15-23(35-6)25(22)28/h9-12,14-15,17-18H,7-8,13,16H2,1-6H3. The number of para-hydroxylation sites is 1. The largest absolute Gasteiger partial charge is 0.497 e. The maximum absolute atomic E-state index is 13.9. The van der Waals surface area contributed by atoms with Crippen LogP contribution in [0, 0.1) is 5.92 Å². The Bertz CT molecular complexity index is 1260. The average Bonchev–Trinajstić information content (AvgIpc) is 2.85. The molecule has 0 saturated carbocycles. The SMILES string of the molecule is CCCCC(=O)N(CC(C)C)C(C)c1nc2ccccc2c(=O)n1-c1cc(OC)cc(OC)c1Br. The van der Waals surface area contributed by atoms with Crippen molar-refractivity contribution in [3.05, 3.63) is 57.0 Å². The Balaban J connectivity index is 2.33. The number of unbranched alkanes of at least 4 members (excludes halogenated alkanes) is 1. The molecule has 3 rings (SSSR count). The molecule has 188 valence electrons. The van der Waals surface area contributed by atoms with Gasteiger partial charge in [0.25, 0.3) is 5.56 Å². The number of amides is 1. The Kier molecular flexibility index (Phi) is 8.94. The first-order valence-corrected chi connectivity index (χ1v) is 12.8. The molecule has 35 heavy (non-hydrogen) atoms. The Hall–Kier alpha value is -2.87. The van der Waals surface area contributed by atoms with E-state index in [0.29, 0.717) is 51.4 Å². The van der Waals surface area contributed by atoms with E-state index in [1.165, 1.54) is 0 Å². The number of halogens is 1. The molecule has 0 bridgehead atoms. The van der Waals surface area contributed by atoms with E-state index < -0.39 is 6.04 Å². The summed E-state index contributed by atoms with van der Waals surface area (Å²) in [5.41, 5.74) is 0.905. The van der Waals surface area contributed by atoms with Crippen LogP contribution in [0.25, 0.3) is 16.6 Å². The number of rotatable bonds is 10. The van der Waals surface area contributed by atoms with Crippen molar-refractivity contribution in [3.8, 4) is 17.2 Å². The van der Waals surface area contributed by atoms with Crippen LogP contribution in [0.4, 0.5) is 0 Å². The molecule has 0 N–H and O–H groups in total. The van der Waals surface area contributed by atoms with Crippen LogP contribution in [-0.4, -0.2) is 41.1 Å². The van der Waals surface area contributed by atoms with E-state index in [0.717, 1.165) is 12.8 Å². The number of ether oxygens (including phenoxy) is 2. The summed E-state index contributed by atoms with van der Waals surface area (Å²) in [5, 5.41) is 0.491. The Morgan fingerprint density at radius 1 is 1.14 bits per heavy atom. The summed E-state index contributed by atoms with van der Waals surface area (Å²) in [4.78, 5) is 34.0. The molecule has 3 aromatic rings. The van der Waals surface area contributed by atoms with Gasteiger partial charge in [0.05, 0.1) is 41.3 Å². The first kappa shape index (κ1) is 26.7. The lowest BCUT2D eigenvalue weighted by molar-refractivity contribution is -0.134. The first-order chi connectivity index (χ1) is 16.7. The highest BCUT2D eigenvalue weighted by molar-refractivity contribution is 9.10. The molecule has 1 atom stereocenters. The highest BCUT2D eigenvalue weighted by atomic mass is 79.9. The minimum atomic E-state index is -0.442. The number of hydrogen-bond donors (Lipinski definition) is 0. The summed E-state index contributed by atoms with van der Waals surface area (Å²) in [6.07, 6.45) is 2.21. The van der Waals surface area contributed by atoms with Crippen molar-refractivity contribution >= 4 is 32.7 Å². The van der Waals surface area contributed by atoms with E-state index in [1.807, 2.05) is 30.0 Å². The molecular formula is C27H34BrN3O4. The predicted octanol–water partition coefficient (Wildman–Crippen LogP) is 5.90. The van der Waals surface area contributed by atoms with Crippen molar-refractivity contribution < 1.29 is 14.3 Å². The number of carbonyl (C=O) groups excluding carboxylic acids is 1. The zero-order valence-electron chi connectivity index (χ0n) is 21.3. The molecular weight excluding hydrogens is 510 g/mol. The molecule has 0 aliphatic rings. The number of benzene rings is 2. The molecule has 0 radical (unpaired) electrons. The van der Waals surface area contributed by atoms with E-state index in [2.05, 4.69) is 36.7 Å². The third kappa shape index (κ3) is 5.69. The lowest BCUT2D eigenvalue weighted by Gasteiger charge is -2.32. The lowest BCUT2D eigenvalue weighted by atomic mass is 10.1. The van der Waals surface area contributed by atoms with Crippen LogP contribution < -0.4 is 15.0 Å². The van der Waals surface area contributed by atoms with Gasteiger partial charge in [-0.3, -0.25) is 14.2 Å². The molecule has 1 aromatic heterocycles. The summed E-state index contributed by atoms with van der Waals surface area (Å²) in [7, 11) is 3.12. The minimum absolute atomic E-state index is 0.0595. The van der Waals surface area contributed by atoms with Gasteiger partial charge < -0.3 is 14.4 Å². The Morgan fingerprint density at radius 2 is 1.86 bits per heavy atom. The van der Waals surface area contributed by atoms with Crippen LogP contribution in [-0.2, 0) is 4.79 Å². The van der Waals surface area contributed by atoms with Crippen LogP contribution in [0.2, 0.25) is 0 Å². The van der Waals surface area contributed by atoms with Gasteiger partial charge in [0.1, 0.15) is 17.3 Å². The van der Waals surface area contributed by atoms with Crippen molar-refractivity contribution in [1.82, 2.24) is 14.5 Å². The molecule has 0 fully saturated rings. The second kappa shape index (κ2) is 11.7. The molecule has 2 aromatic carbocycles. The maximum atomic E-state index is 13.9. The third-order valence-electron chi connectivity index (χ3n) is 5.96. The fourth-order valence-electron chi connectivity index (χ4n) is 4.13. The molecule has 1 heterocycles. The van der Waals surface area contributed by atoms with Crippen LogP contribution >= 0.6 is 15.9 Å². The second-order valence-corrected chi connectivity index (χ2v) is 9.80. The van der Waals surface area contributed by atoms with E-state index in [4.69, 9.17) is 14.5 Å². The quantitative estimate of drug-likeness (QED) is 0.318. The number of aromatic nitrogens is 2. The topological polar surface area (TPSA) is 73.7 Å². The molecule has 0 spiro atoms. The minimum Gasteiger partial charge on any atom is -0.497 e. The smallest absolute Gasteiger partial charge is 0.266 e. The van der Waals surface area contributed by atoms with Crippen molar-refractivity contribution in [2.75, 3.05) is 20.8 Å². The summed E-state index contributed by atoms with van der Waals surface area (Å²) >= 11 is 3.61. The van der Waals surface area contributed by atoms with Crippen LogP contribution in [0.3, 0.4) is 0 Å². The summed E-state index contributed by atoms with van der Waals surface area (Å²) in [6.45, 7) is 8.73. The molecule has 8 heteroatoms. The normalized spacial score (nSPS) is 12.1. The van der Waals surface area contributed by atoms with Crippen molar-refractivity contribution in [1.29, 1.82) is 0 Å². The van der Waals surface area contributed by atoms with Gasteiger partial charge in [-0.1, -0.05) is 39.3 Å². The van der Waals surface area contributed by atoms with Crippen LogP contribution in [0.5, 0.6) is 11.5 Å². The van der Waals surface area contributed by atoms with Crippen molar-refractivity contribution in [2.24, 2.45) is 5.92 Å². The fourth-order valence-corrected chi connectivity index (χ4v) is 4.70. The number of hydrogen-bond acceptors (Lipinski definition) is 5. The van der Waals surface area contributed by atoms with Gasteiger partial charge in [-0.15, -0.1) is 0 Å². The molecule has 0 aliphatic heterocycles. The number of methoxy groups -OCH3 is 2. The first-order valence-electron chi connectivity index (χ1n) is 12.0. The molecule has 0 saturated heterocycles. The molecule has 7 nitrogen and oxygen atoms in total. The van der Waals surface area contributed by atoms with Crippen molar-refractivity contribution in [2.45, 2.75) is 53.0 Å². The van der Waals surface area contributed by atoms with Gasteiger partial charge >= 0.3 is 0 Å². The van der Waals surface area contributed by atoms with Gasteiger partial charge in [0.2, 0.25) is 5.91 Å². The Labute approximate surface area is 215 Å². The van der Waals surface area contributed by atoms with E-state index in [9.17, 15) is 9.59 Å².